The molecule has 6 heteroatoms. The van der Waals surface area contributed by atoms with Crippen LogP contribution in [0, 0.1) is 3.57 Å². The van der Waals surface area contributed by atoms with Crippen LogP contribution in [0.1, 0.15) is 17.3 Å². The third-order valence-corrected chi connectivity index (χ3v) is 5.26. The van der Waals surface area contributed by atoms with E-state index in [1.807, 2.05) is 0 Å². The summed E-state index contributed by atoms with van der Waals surface area (Å²) in [6.45, 7) is 2.26. The predicted octanol–water partition coefficient (Wildman–Crippen LogP) is 1.64. The van der Waals surface area contributed by atoms with Crippen LogP contribution >= 0.6 is 19.3 Å². The molecule has 0 aromatic heterocycles. The van der Waals surface area contributed by atoms with E-state index in [0.717, 1.165) is 0 Å². The van der Waals surface area contributed by atoms with Crippen molar-refractivity contribution in [1.29, 1.82) is 0 Å². The second-order valence-electron chi connectivity index (χ2n) is 2.88. The Labute approximate surface area is 91.0 Å². The number of fused-ring (bicyclic) bond motifs is 1. The fourth-order valence-corrected chi connectivity index (χ4v) is 4.14. The average Bonchev–Trinajstić information content (AvgIpc) is 2.38. The van der Waals surface area contributed by atoms with Gasteiger partial charge in [0.25, 0.3) is 0 Å². The van der Waals surface area contributed by atoms with E-state index in [4.69, 9.17) is 4.74 Å². The van der Waals surface area contributed by atoms with Gasteiger partial charge >= 0.3 is 90.9 Å². The molecule has 1 aliphatic rings. The van der Waals surface area contributed by atoms with Crippen molar-refractivity contribution in [3.05, 3.63) is 27.3 Å². The number of ether oxygens (including phenoxy) is 1. The van der Waals surface area contributed by atoms with E-state index in [1.54, 1.807) is 13.0 Å². The summed E-state index contributed by atoms with van der Waals surface area (Å²) >= 11 is -4.70. The SMILES string of the molecule is CCOc1ccc2c(c1)I(=O)(O)OC2=O. The van der Waals surface area contributed by atoms with Crippen LogP contribution in [0.5, 0.6) is 5.75 Å². The summed E-state index contributed by atoms with van der Waals surface area (Å²) < 4.78 is 30.7. The van der Waals surface area contributed by atoms with Gasteiger partial charge in [0, 0.05) is 0 Å². The monoisotopic (exact) mass is 324 g/mol. The van der Waals surface area contributed by atoms with Gasteiger partial charge in [-0.25, -0.2) is 0 Å². The van der Waals surface area contributed by atoms with E-state index < -0.39 is 25.2 Å². The molecular weight excluding hydrogens is 315 g/mol. The van der Waals surface area contributed by atoms with Crippen molar-refractivity contribution in [2.75, 3.05) is 6.61 Å². The maximum absolute atomic E-state index is 11.5. The molecule has 1 aliphatic heterocycles. The van der Waals surface area contributed by atoms with Gasteiger partial charge in [0.1, 0.15) is 0 Å². The van der Waals surface area contributed by atoms with Crippen LogP contribution in [0.2, 0.25) is 0 Å². The first-order chi connectivity index (χ1) is 7.04. The van der Waals surface area contributed by atoms with Crippen molar-refractivity contribution in [3.8, 4) is 5.75 Å². The number of hydrogen-bond acceptors (Lipinski definition) is 4. The first-order valence-corrected chi connectivity index (χ1v) is 8.07. The molecule has 0 amide bonds. The predicted molar refractivity (Wildman–Crippen MR) is 58.6 cm³/mol. The number of carbonyl (C=O) groups is 1. The van der Waals surface area contributed by atoms with Crippen molar-refractivity contribution >= 4 is 25.2 Å². The fraction of sp³-hybridized carbons (Fsp3) is 0.222. The Bertz CT molecular complexity index is 468. The van der Waals surface area contributed by atoms with Crippen LogP contribution in [-0.2, 0) is 6.14 Å². The second-order valence-corrected chi connectivity index (χ2v) is 6.99. The zero-order valence-electron chi connectivity index (χ0n) is 7.90. The molecule has 1 atom stereocenters. The van der Waals surface area contributed by atoms with Crippen LogP contribution in [0.15, 0.2) is 18.2 Å². The minimum atomic E-state index is -4.70. The molecule has 1 N–H and O–H groups in total. The molecule has 0 fully saturated rings. The van der Waals surface area contributed by atoms with Crippen molar-refractivity contribution in [2.24, 2.45) is 0 Å². The standard InChI is InChI=1S/C9H9IO5/c1-2-14-6-3-4-7-8(5-6)10(12,13)15-9(7)11/h3-5H,2H2,1H3,(H,12,13). The van der Waals surface area contributed by atoms with Gasteiger partial charge in [-0.2, -0.15) is 0 Å². The summed E-state index contributed by atoms with van der Waals surface area (Å²) in [6.07, 6.45) is 0. The summed E-state index contributed by atoms with van der Waals surface area (Å²) in [5.41, 5.74) is 0.160. The van der Waals surface area contributed by atoms with Crippen molar-refractivity contribution in [2.45, 2.75) is 6.92 Å². The van der Waals surface area contributed by atoms with Gasteiger partial charge in [-0.15, -0.1) is 0 Å². The van der Waals surface area contributed by atoms with Gasteiger partial charge in [0.05, 0.1) is 0 Å². The van der Waals surface area contributed by atoms with E-state index in [2.05, 4.69) is 3.07 Å². The number of carbonyl (C=O) groups excluding carboxylic acids is 1. The molecule has 15 heavy (non-hydrogen) atoms. The van der Waals surface area contributed by atoms with Gasteiger partial charge in [-0.1, -0.05) is 0 Å². The molecule has 1 heterocycles. The molecule has 0 bridgehead atoms. The van der Waals surface area contributed by atoms with Crippen molar-refractivity contribution < 1.29 is 19.1 Å². The topological polar surface area (TPSA) is 72.8 Å². The number of benzene rings is 1. The molecular formula is C9H9IO5. The first-order valence-electron chi connectivity index (χ1n) is 4.26. The number of rotatable bonds is 2. The van der Waals surface area contributed by atoms with Gasteiger partial charge in [0.2, 0.25) is 0 Å². The summed E-state index contributed by atoms with van der Waals surface area (Å²) in [5, 5.41) is 0. The molecule has 2 rings (SSSR count). The van der Waals surface area contributed by atoms with Crippen LogP contribution < -0.4 is 4.74 Å². The van der Waals surface area contributed by atoms with Gasteiger partial charge in [0.15, 0.2) is 0 Å². The Morgan fingerprint density at radius 1 is 1.53 bits per heavy atom. The van der Waals surface area contributed by atoms with E-state index >= 15 is 0 Å². The maximum atomic E-state index is 11.5. The first kappa shape index (κ1) is 10.5. The summed E-state index contributed by atoms with van der Waals surface area (Å²) in [7, 11) is 0. The normalized spacial score (nSPS) is 27.7. The van der Waals surface area contributed by atoms with Gasteiger partial charge < -0.3 is 0 Å². The molecule has 0 saturated heterocycles. The Morgan fingerprint density at radius 3 is 2.93 bits per heavy atom. The van der Waals surface area contributed by atoms with E-state index in [0.29, 0.717) is 12.4 Å². The molecule has 1 aromatic carbocycles. The van der Waals surface area contributed by atoms with E-state index in [1.165, 1.54) is 12.1 Å². The molecule has 5 nitrogen and oxygen atoms in total. The zero-order valence-corrected chi connectivity index (χ0v) is 10.1. The Kier molecular flexibility index (Phi) is 2.47. The zero-order chi connectivity index (χ0) is 11.1. The summed E-state index contributed by atoms with van der Waals surface area (Å²) in [6, 6.07) is 4.42. The number of halogens is 1. The average molecular weight is 324 g/mol. The fourth-order valence-electron chi connectivity index (χ4n) is 1.29. The molecule has 0 radical (unpaired) electrons. The molecule has 1 aromatic rings. The van der Waals surface area contributed by atoms with Gasteiger partial charge in [-0.3, -0.25) is 0 Å². The Hall–Kier alpha value is -1.02. The summed E-state index contributed by atoms with van der Waals surface area (Å²) in [4.78, 5) is 11.2. The molecule has 0 spiro atoms. The third-order valence-electron chi connectivity index (χ3n) is 1.90. The Balaban J connectivity index is 2.52. The van der Waals surface area contributed by atoms with Crippen molar-refractivity contribution in [1.82, 2.24) is 0 Å². The molecule has 1 unspecified atom stereocenters. The Morgan fingerprint density at radius 2 is 2.27 bits per heavy atom. The number of hydrogen-bond donors (Lipinski definition) is 1. The van der Waals surface area contributed by atoms with E-state index in [-0.39, 0.29) is 9.13 Å². The molecule has 82 valence electrons. The molecule has 0 saturated carbocycles. The van der Waals surface area contributed by atoms with E-state index in [9.17, 15) is 11.3 Å². The summed E-state index contributed by atoms with van der Waals surface area (Å²) in [5.74, 6) is -0.269. The van der Waals surface area contributed by atoms with Crippen molar-refractivity contribution in [3.63, 3.8) is 0 Å². The van der Waals surface area contributed by atoms with Crippen LogP contribution in [0.4, 0.5) is 0 Å². The molecule has 0 aliphatic carbocycles. The van der Waals surface area contributed by atoms with Crippen LogP contribution in [0.3, 0.4) is 0 Å². The van der Waals surface area contributed by atoms with Gasteiger partial charge in [-0.05, 0) is 0 Å². The minimum absolute atomic E-state index is 0.0813. The third kappa shape index (κ3) is 1.74. The second kappa shape index (κ2) is 3.53. The van der Waals surface area contributed by atoms with Crippen LogP contribution in [0.25, 0.3) is 0 Å². The van der Waals surface area contributed by atoms with Crippen LogP contribution in [-0.4, -0.2) is 16.0 Å². The quantitative estimate of drug-likeness (QED) is 0.837.